The molecule has 1 amide bonds. The highest BCUT2D eigenvalue weighted by Gasteiger charge is 2.27. The summed E-state index contributed by atoms with van der Waals surface area (Å²) in [5.41, 5.74) is 1.29. The van der Waals surface area contributed by atoms with Crippen LogP contribution < -0.4 is 4.74 Å². The van der Waals surface area contributed by atoms with Crippen molar-refractivity contribution in [2.75, 3.05) is 79.4 Å². The van der Waals surface area contributed by atoms with Gasteiger partial charge in [0.15, 0.2) is 0 Å². The van der Waals surface area contributed by atoms with Gasteiger partial charge in [-0.25, -0.2) is 0 Å². The van der Waals surface area contributed by atoms with Gasteiger partial charge in [-0.3, -0.25) is 14.6 Å². The minimum Gasteiger partial charge on any atom is -0.491 e. The average Bonchev–Trinajstić information content (AvgIpc) is 2.78. The summed E-state index contributed by atoms with van der Waals surface area (Å²) >= 11 is 0. The van der Waals surface area contributed by atoms with Gasteiger partial charge >= 0.3 is 0 Å². The Morgan fingerprint density at radius 1 is 0.906 bits per heavy atom. The van der Waals surface area contributed by atoms with Gasteiger partial charge in [-0.2, -0.15) is 0 Å². The van der Waals surface area contributed by atoms with E-state index in [1.165, 1.54) is 12.0 Å². The van der Waals surface area contributed by atoms with Crippen LogP contribution in [-0.4, -0.2) is 100.0 Å². The number of piperazine rings is 1. The third-order valence-corrected chi connectivity index (χ3v) is 6.30. The molecule has 1 aromatic carbocycles. The Hall–Kier alpha value is -1.67. The summed E-state index contributed by atoms with van der Waals surface area (Å²) in [6.07, 6.45) is 1.23. The summed E-state index contributed by atoms with van der Waals surface area (Å²) in [5, 5.41) is 0. The summed E-state index contributed by atoms with van der Waals surface area (Å²) in [5.74, 6) is 2.40. The van der Waals surface area contributed by atoms with Crippen LogP contribution in [0.4, 0.5) is 0 Å². The zero-order chi connectivity index (χ0) is 22.8. The Labute approximate surface area is 193 Å². The summed E-state index contributed by atoms with van der Waals surface area (Å²) in [6.45, 7) is 14.1. The first-order valence-electron chi connectivity index (χ1n) is 12.0. The van der Waals surface area contributed by atoms with Gasteiger partial charge in [0.2, 0.25) is 5.91 Å². The molecule has 2 saturated heterocycles. The number of piperidine rings is 1. The lowest BCUT2D eigenvalue weighted by atomic mass is 9.92. The SMILES string of the molecule is COCCOCCOc1ccc(CN2CCN(CC(=O)N3C[C@@H](C)C[C@H](C)C3)CC2)cc1. The molecule has 2 atom stereocenters. The molecule has 0 N–H and O–H groups in total. The monoisotopic (exact) mass is 447 g/mol. The van der Waals surface area contributed by atoms with Crippen LogP contribution in [-0.2, 0) is 20.8 Å². The van der Waals surface area contributed by atoms with Gasteiger partial charge in [0.05, 0.1) is 26.4 Å². The molecule has 7 heteroatoms. The van der Waals surface area contributed by atoms with Crippen molar-refractivity contribution in [3.8, 4) is 5.75 Å². The molecule has 0 unspecified atom stereocenters. The summed E-state index contributed by atoms with van der Waals surface area (Å²) in [4.78, 5) is 19.6. The molecule has 0 saturated carbocycles. The standard InChI is InChI=1S/C25H41N3O4/c1-21-16-22(2)18-28(17-21)25(29)20-27-10-8-26(9-11-27)19-23-4-6-24(7-5-23)32-15-14-31-13-12-30-3/h4-7,21-22H,8-20H2,1-3H3/t21-,22-/m0/s1. The van der Waals surface area contributed by atoms with E-state index >= 15 is 0 Å². The molecule has 0 bridgehead atoms. The van der Waals surface area contributed by atoms with E-state index in [2.05, 4.69) is 40.7 Å². The number of amides is 1. The quantitative estimate of drug-likeness (QED) is 0.486. The Bertz CT molecular complexity index is 666. The lowest BCUT2D eigenvalue weighted by Crippen LogP contribution is -2.51. The first-order valence-corrected chi connectivity index (χ1v) is 12.0. The van der Waals surface area contributed by atoms with E-state index in [1.54, 1.807) is 7.11 Å². The number of rotatable bonds is 11. The number of carbonyl (C=O) groups is 1. The first kappa shape index (κ1) is 25.0. The Morgan fingerprint density at radius 2 is 1.53 bits per heavy atom. The molecule has 2 fully saturated rings. The van der Waals surface area contributed by atoms with Crippen LogP contribution >= 0.6 is 0 Å². The summed E-state index contributed by atoms with van der Waals surface area (Å²) in [7, 11) is 1.67. The zero-order valence-corrected chi connectivity index (χ0v) is 20.1. The second kappa shape index (κ2) is 13.1. The minimum atomic E-state index is 0.302. The maximum atomic E-state index is 12.7. The van der Waals surface area contributed by atoms with E-state index in [0.717, 1.165) is 51.6 Å². The molecular formula is C25H41N3O4. The third-order valence-electron chi connectivity index (χ3n) is 6.30. The molecule has 3 rings (SSSR count). The van der Waals surface area contributed by atoms with Gasteiger partial charge in [0, 0.05) is 52.9 Å². The topological polar surface area (TPSA) is 54.5 Å². The van der Waals surface area contributed by atoms with E-state index in [9.17, 15) is 4.79 Å². The predicted molar refractivity (Wildman–Crippen MR) is 126 cm³/mol. The summed E-state index contributed by atoms with van der Waals surface area (Å²) in [6, 6.07) is 8.32. The molecule has 180 valence electrons. The van der Waals surface area contributed by atoms with Gasteiger partial charge in [-0.15, -0.1) is 0 Å². The van der Waals surface area contributed by atoms with Gasteiger partial charge in [-0.1, -0.05) is 26.0 Å². The maximum Gasteiger partial charge on any atom is 0.236 e. The number of nitrogens with zero attached hydrogens (tertiary/aromatic N) is 3. The van der Waals surface area contributed by atoms with Crippen LogP contribution in [0.15, 0.2) is 24.3 Å². The van der Waals surface area contributed by atoms with Crippen molar-refractivity contribution in [1.82, 2.24) is 14.7 Å². The Kier molecular flexibility index (Phi) is 10.2. The first-order chi connectivity index (χ1) is 15.5. The van der Waals surface area contributed by atoms with Crippen molar-refractivity contribution in [3.63, 3.8) is 0 Å². The van der Waals surface area contributed by atoms with E-state index in [-0.39, 0.29) is 0 Å². The van der Waals surface area contributed by atoms with Gasteiger partial charge in [0.1, 0.15) is 12.4 Å². The fourth-order valence-electron chi connectivity index (χ4n) is 4.68. The van der Waals surface area contributed by atoms with Crippen molar-refractivity contribution in [3.05, 3.63) is 29.8 Å². The van der Waals surface area contributed by atoms with Gasteiger partial charge in [0.25, 0.3) is 0 Å². The summed E-state index contributed by atoms with van der Waals surface area (Å²) < 4.78 is 16.1. The van der Waals surface area contributed by atoms with Crippen molar-refractivity contribution >= 4 is 5.91 Å². The van der Waals surface area contributed by atoms with Crippen molar-refractivity contribution < 1.29 is 19.0 Å². The molecular weight excluding hydrogens is 406 g/mol. The number of hydrogen-bond acceptors (Lipinski definition) is 6. The van der Waals surface area contributed by atoms with Crippen molar-refractivity contribution in [2.45, 2.75) is 26.8 Å². The molecule has 1 aromatic rings. The van der Waals surface area contributed by atoms with E-state index in [0.29, 0.717) is 50.7 Å². The minimum absolute atomic E-state index is 0.302. The number of likely N-dealkylation sites (tertiary alicyclic amines) is 1. The molecule has 0 aliphatic carbocycles. The van der Waals surface area contributed by atoms with Gasteiger partial charge < -0.3 is 19.1 Å². The molecule has 7 nitrogen and oxygen atoms in total. The second-order valence-electron chi connectivity index (χ2n) is 9.39. The van der Waals surface area contributed by atoms with Crippen LogP contribution in [0.2, 0.25) is 0 Å². The number of carbonyl (C=O) groups excluding carboxylic acids is 1. The van der Waals surface area contributed by atoms with Crippen LogP contribution in [0.1, 0.15) is 25.8 Å². The Morgan fingerprint density at radius 3 is 2.19 bits per heavy atom. The highest BCUT2D eigenvalue weighted by molar-refractivity contribution is 5.78. The van der Waals surface area contributed by atoms with E-state index < -0.39 is 0 Å². The molecule has 0 aromatic heterocycles. The second-order valence-corrected chi connectivity index (χ2v) is 9.39. The number of hydrogen-bond donors (Lipinski definition) is 0. The highest BCUT2D eigenvalue weighted by atomic mass is 16.5. The van der Waals surface area contributed by atoms with Crippen LogP contribution in [0, 0.1) is 11.8 Å². The molecule has 32 heavy (non-hydrogen) atoms. The van der Waals surface area contributed by atoms with Crippen molar-refractivity contribution in [2.24, 2.45) is 11.8 Å². The van der Waals surface area contributed by atoms with Crippen LogP contribution in [0.5, 0.6) is 5.75 Å². The van der Waals surface area contributed by atoms with Crippen LogP contribution in [0.25, 0.3) is 0 Å². The van der Waals surface area contributed by atoms with Gasteiger partial charge in [-0.05, 0) is 36.0 Å². The largest absolute Gasteiger partial charge is 0.491 e. The molecule has 2 heterocycles. The number of methoxy groups -OCH3 is 1. The molecule has 0 radical (unpaired) electrons. The fraction of sp³-hybridized carbons (Fsp3) is 0.720. The zero-order valence-electron chi connectivity index (χ0n) is 20.1. The molecule has 2 aliphatic rings. The Balaban J connectivity index is 1.33. The predicted octanol–water partition coefficient (Wildman–Crippen LogP) is 2.35. The lowest BCUT2D eigenvalue weighted by Gasteiger charge is -2.38. The number of benzene rings is 1. The van der Waals surface area contributed by atoms with E-state index in [4.69, 9.17) is 14.2 Å². The van der Waals surface area contributed by atoms with Crippen LogP contribution in [0.3, 0.4) is 0 Å². The normalized spacial score (nSPS) is 22.8. The third kappa shape index (κ3) is 8.35. The molecule has 0 spiro atoms. The molecule has 2 aliphatic heterocycles. The number of ether oxygens (including phenoxy) is 3. The fourth-order valence-corrected chi connectivity index (χ4v) is 4.68. The smallest absolute Gasteiger partial charge is 0.236 e. The highest BCUT2D eigenvalue weighted by Crippen LogP contribution is 2.21. The van der Waals surface area contributed by atoms with Crippen molar-refractivity contribution in [1.29, 1.82) is 0 Å². The lowest BCUT2D eigenvalue weighted by molar-refractivity contribution is -0.135. The average molecular weight is 448 g/mol. The van der Waals surface area contributed by atoms with E-state index in [1.807, 2.05) is 12.1 Å². The maximum absolute atomic E-state index is 12.7.